The molecule has 6 N–H and O–H groups in total. The number of hydrogen-bond donors (Lipinski definition) is 5. The summed E-state index contributed by atoms with van der Waals surface area (Å²) in [6.45, 7) is 0. The molecule has 3 rings (SSSR count). The maximum atomic E-state index is 13.5. The molecule has 0 aliphatic rings. The number of carboxylic acids is 2. The lowest BCUT2D eigenvalue weighted by Crippen LogP contribution is -1.97. The van der Waals surface area contributed by atoms with E-state index in [2.05, 4.69) is 0 Å². The van der Waals surface area contributed by atoms with Gasteiger partial charge in [-0.25, -0.2) is 18.4 Å². The number of hydrogen-bond acceptors (Lipinski definition) is 5. The van der Waals surface area contributed by atoms with E-state index in [1.807, 2.05) is 0 Å². The van der Waals surface area contributed by atoms with Crippen molar-refractivity contribution in [2.24, 2.45) is 0 Å². The van der Waals surface area contributed by atoms with Crippen molar-refractivity contribution in [3.05, 3.63) is 77.4 Å². The first kappa shape index (κ1) is 21.2. The Morgan fingerprint density at radius 3 is 1.97 bits per heavy atom. The van der Waals surface area contributed by atoms with E-state index in [1.54, 1.807) is 0 Å². The summed E-state index contributed by atoms with van der Waals surface area (Å²) >= 11 is 0. The maximum Gasteiger partial charge on any atom is 0.339 e. The second kappa shape index (κ2) is 8.70. The predicted octanol–water partition coefficient (Wildman–Crippen LogP) is 3.71. The lowest BCUT2D eigenvalue weighted by Gasteiger charge is -2.06. The van der Waals surface area contributed by atoms with Gasteiger partial charge < -0.3 is 26.2 Å². The van der Waals surface area contributed by atoms with Gasteiger partial charge in [0, 0.05) is 23.4 Å². The molecule has 150 valence electrons. The minimum absolute atomic E-state index is 0.0684. The third-order valence-corrected chi connectivity index (χ3v) is 3.72. The first-order valence-corrected chi connectivity index (χ1v) is 7.93. The number of benzene rings is 3. The fraction of sp³-hybridized carbons (Fsp3) is 0. The van der Waals surface area contributed by atoms with Crippen LogP contribution in [-0.4, -0.2) is 32.4 Å². The third kappa shape index (κ3) is 5.19. The Kier molecular flexibility index (Phi) is 6.35. The molecule has 0 atom stereocenters. The van der Waals surface area contributed by atoms with Crippen molar-refractivity contribution in [3.8, 4) is 22.6 Å². The van der Waals surface area contributed by atoms with Crippen LogP contribution in [0.4, 0.5) is 14.5 Å². The topological polar surface area (TPSA) is 141 Å². The Morgan fingerprint density at radius 1 is 0.759 bits per heavy atom. The first-order chi connectivity index (χ1) is 13.6. The van der Waals surface area contributed by atoms with Crippen LogP contribution in [0.2, 0.25) is 0 Å². The molecule has 0 aliphatic carbocycles. The van der Waals surface area contributed by atoms with E-state index < -0.39 is 29.3 Å². The number of nitrogens with two attached hydrogens (primary N) is 1. The molecule has 0 heterocycles. The minimum Gasteiger partial charge on any atom is -0.507 e. The standard InChI is InChI=1S/C13H8F2O3.C7H7NO3/c14-8-2-3-9(11(15)6-8)7-1-4-12(16)10(5-7)13(17)18;8-4-1-2-5(7(10)11)6(9)3-4/h1-6,16H,(H,17,18);1-3,9H,8H2,(H,10,11). The Morgan fingerprint density at radius 2 is 1.41 bits per heavy atom. The zero-order chi connectivity index (χ0) is 21.7. The van der Waals surface area contributed by atoms with Crippen LogP contribution in [0.3, 0.4) is 0 Å². The van der Waals surface area contributed by atoms with Crippen molar-refractivity contribution < 1.29 is 38.8 Å². The molecule has 0 bridgehead atoms. The predicted molar refractivity (Wildman–Crippen MR) is 99.9 cm³/mol. The molecule has 0 saturated carbocycles. The Labute approximate surface area is 162 Å². The minimum atomic E-state index is -1.32. The fourth-order valence-corrected chi connectivity index (χ4v) is 2.33. The van der Waals surface area contributed by atoms with Gasteiger partial charge in [0.05, 0.1) is 0 Å². The van der Waals surface area contributed by atoms with Gasteiger partial charge in [-0.15, -0.1) is 0 Å². The van der Waals surface area contributed by atoms with E-state index in [0.717, 1.165) is 18.2 Å². The summed E-state index contributed by atoms with van der Waals surface area (Å²) in [5, 5.41) is 35.6. The number of aromatic carboxylic acids is 2. The molecule has 0 fully saturated rings. The van der Waals surface area contributed by atoms with Crippen LogP contribution in [0.15, 0.2) is 54.6 Å². The van der Waals surface area contributed by atoms with E-state index in [1.165, 1.54) is 30.3 Å². The van der Waals surface area contributed by atoms with Crippen molar-refractivity contribution >= 4 is 17.6 Å². The third-order valence-electron chi connectivity index (χ3n) is 3.72. The number of anilines is 1. The summed E-state index contributed by atoms with van der Waals surface area (Å²) in [7, 11) is 0. The molecule has 0 radical (unpaired) electrons. The highest BCUT2D eigenvalue weighted by Crippen LogP contribution is 2.28. The number of carboxylic acid groups (broad SMARTS) is 2. The molecule has 9 heteroatoms. The molecule has 29 heavy (non-hydrogen) atoms. The largest absolute Gasteiger partial charge is 0.507 e. The Bertz CT molecular complexity index is 1080. The van der Waals surface area contributed by atoms with Gasteiger partial charge in [-0.2, -0.15) is 0 Å². The summed E-state index contributed by atoms with van der Waals surface area (Å²) in [5.74, 6) is -4.71. The van der Waals surface area contributed by atoms with Gasteiger partial charge in [-0.1, -0.05) is 6.07 Å². The van der Waals surface area contributed by atoms with Crippen LogP contribution in [-0.2, 0) is 0 Å². The van der Waals surface area contributed by atoms with Gasteiger partial charge in [0.2, 0.25) is 0 Å². The highest BCUT2D eigenvalue weighted by Gasteiger charge is 2.13. The van der Waals surface area contributed by atoms with Crippen molar-refractivity contribution in [2.45, 2.75) is 0 Å². The van der Waals surface area contributed by atoms with Crippen molar-refractivity contribution in [1.82, 2.24) is 0 Å². The Balaban J connectivity index is 0.000000234. The van der Waals surface area contributed by atoms with Crippen LogP contribution < -0.4 is 5.73 Å². The lowest BCUT2D eigenvalue weighted by molar-refractivity contribution is 0.0682. The maximum absolute atomic E-state index is 13.5. The summed E-state index contributed by atoms with van der Waals surface area (Å²) in [6, 6.07) is 10.5. The van der Waals surface area contributed by atoms with E-state index in [-0.39, 0.29) is 28.0 Å². The highest BCUT2D eigenvalue weighted by molar-refractivity contribution is 5.92. The summed E-state index contributed by atoms with van der Waals surface area (Å²) in [6.07, 6.45) is 0. The van der Waals surface area contributed by atoms with Crippen molar-refractivity contribution in [1.29, 1.82) is 0 Å². The number of rotatable bonds is 3. The van der Waals surface area contributed by atoms with E-state index in [0.29, 0.717) is 11.8 Å². The summed E-state index contributed by atoms with van der Waals surface area (Å²) in [5.41, 5.74) is 5.46. The first-order valence-electron chi connectivity index (χ1n) is 7.93. The van der Waals surface area contributed by atoms with Gasteiger partial charge in [0.25, 0.3) is 0 Å². The normalized spacial score (nSPS) is 10.0. The average Bonchev–Trinajstić information content (AvgIpc) is 2.62. The van der Waals surface area contributed by atoms with Crippen molar-refractivity contribution in [2.75, 3.05) is 5.73 Å². The molecular formula is C20H15F2NO6. The number of phenols is 2. The summed E-state index contributed by atoms with van der Waals surface area (Å²) in [4.78, 5) is 21.2. The smallest absolute Gasteiger partial charge is 0.339 e. The van der Waals surface area contributed by atoms with Crippen LogP contribution in [0.25, 0.3) is 11.1 Å². The van der Waals surface area contributed by atoms with E-state index in [4.69, 9.17) is 21.1 Å². The fourth-order valence-electron chi connectivity index (χ4n) is 2.33. The van der Waals surface area contributed by atoms with Crippen LogP contribution in [0.5, 0.6) is 11.5 Å². The molecule has 7 nitrogen and oxygen atoms in total. The van der Waals surface area contributed by atoms with Gasteiger partial charge in [-0.05, 0) is 42.0 Å². The summed E-state index contributed by atoms with van der Waals surface area (Å²) < 4.78 is 26.3. The quantitative estimate of drug-likeness (QED) is 0.420. The molecule has 3 aromatic rings. The molecular weight excluding hydrogens is 388 g/mol. The number of carbonyl (C=O) groups is 2. The van der Waals surface area contributed by atoms with Gasteiger partial charge in [-0.3, -0.25) is 0 Å². The molecule has 0 aliphatic heterocycles. The van der Waals surface area contributed by atoms with Gasteiger partial charge in [0.15, 0.2) is 0 Å². The number of nitrogen functional groups attached to an aromatic ring is 1. The van der Waals surface area contributed by atoms with E-state index >= 15 is 0 Å². The van der Waals surface area contributed by atoms with Crippen molar-refractivity contribution in [3.63, 3.8) is 0 Å². The van der Waals surface area contributed by atoms with Gasteiger partial charge in [0.1, 0.15) is 34.3 Å². The molecule has 0 spiro atoms. The second-order valence-corrected chi connectivity index (χ2v) is 5.74. The van der Waals surface area contributed by atoms with Crippen LogP contribution in [0.1, 0.15) is 20.7 Å². The number of halogens is 2. The van der Waals surface area contributed by atoms with E-state index in [9.17, 15) is 23.5 Å². The van der Waals surface area contributed by atoms with Crippen LogP contribution >= 0.6 is 0 Å². The second-order valence-electron chi connectivity index (χ2n) is 5.74. The molecule has 3 aromatic carbocycles. The molecule has 0 unspecified atom stereocenters. The lowest BCUT2D eigenvalue weighted by atomic mass is 10.0. The molecule has 0 aromatic heterocycles. The molecule has 0 saturated heterocycles. The molecule has 0 amide bonds. The zero-order valence-electron chi connectivity index (χ0n) is 14.6. The number of aromatic hydroxyl groups is 2. The zero-order valence-corrected chi connectivity index (χ0v) is 14.6. The van der Waals surface area contributed by atoms with Gasteiger partial charge >= 0.3 is 11.9 Å². The highest BCUT2D eigenvalue weighted by atomic mass is 19.1. The average molecular weight is 403 g/mol. The van der Waals surface area contributed by atoms with Crippen LogP contribution in [0, 0.1) is 11.6 Å². The Hall–Kier alpha value is -4.14. The monoisotopic (exact) mass is 403 g/mol. The SMILES string of the molecule is Nc1ccc(C(=O)O)c(O)c1.O=C(O)c1cc(-c2ccc(F)cc2F)ccc1O.